The van der Waals surface area contributed by atoms with Crippen LogP contribution < -0.4 is 5.32 Å². The van der Waals surface area contributed by atoms with E-state index >= 15 is 0 Å². The summed E-state index contributed by atoms with van der Waals surface area (Å²) in [7, 11) is 0. The van der Waals surface area contributed by atoms with Gasteiger partial charge in [-0.2, -0.15) is 0 Å². The maximum absolute atomic E-state index is 13.6. The summed E-state index contributed by atoms with van der Waals surface area (Å²) in [5, 5.41) is 2.64. The molecule has 1 aliphatic heterocycles. The summed E-state index contributed by atoms with van der Waals surface area (Å²) in [6.07, 6.45) is 2.47. The van der Waals surface area contributed by atoms with Crippen LogP contribution in [-0.4, -0.2) is 23.9 Å². The lowest BCUT2D eigenvalue weighted by atomic mass is 9.99. The molecule has 3 rings (SSSR count). The first-order valence-electron chi connectivity index (χ1n) is 8.59. The molecule has 2 aromatic rings. The standard InChI is InChI=1S/C20H22F2N2O/c1-14-8-10-24(11-9-14)13-15-2-5-17(6-3-15)23-20(25)18-7-4-16(21)12-19(18)22/h2-7,12,14H,8-11,13H2,1H3,(H,23,25). The van der Waals surface area contributed by atoms with E-state index in [1.54, 1.807) is 12.1 Å². The SMILES string of the molecule is CC1CCN(Cc2ccc(NC(=O)c3ccc(F)cc3F)cc2)CC1. The second kappa shape index (κ2) is 7.74. The van der Waals surface area contributed by atoms with Gasteiger partial charge >= 0.3 is 0 Å². The molecule has 3 nitrogen and oxygen atoms in total. The van der Waals surface area contributed by atoms with Gasteiger partial charge in [0.2, 0.25) is 0 Å². The third-order valence-corrected chi connectivity index (χ3v) is 4.67. The Morgan fingerprint density at radius 2 is 1.80 bits per heavy atom. The lowest BCUT2D eigenvalue weighted by Crippen LogP contribution is -2.32. The third-order valence-electron chi connectivity index (χ3n) is 4.67. The average Bonchev–Trinajstić information content (AvgIpc) is 2.58. The molecular weight excluding hydrogens is 322 g/mol. The van der Waals surface area contributed by atoms with Gasteiger partial charge in [-0.05, 0) is 61.7 Å². The number of anilines is 1. The number of amides is 1. The topological polar surface area (TPSA) is 32.3 Å². The molecule has 0 aromatic heterocycles. The Labute approximate surface area is 146 Å². The van der Waals surface area contributed by atoms with Crippen molar-refractivity contribution in [2.45, 2.75) is 26.3 Å². The zero-order valence-electron chi connectivity index (χ0n) is 14.3. The molecule has 0 atom stereocenters. The summed E-state index contributed by atoms with van der Waals surface area (Å²) >= 11 is 0. The van der Waals surface area contributed by atoms with Crippen molar-refractivity contribution >= 4 is 11.6 Å². The lowest BCUT2D eigenvalue weighted by Gasteiger charge is -2.30. The highest BCUT2D eigenvalue weighted by Gasteiger charge is 2.16. The fourth-order valence-corrected chi connectivity index (χ4v) is 3.04. The van der Waals surface area contributed by atoms with Gasteiger partial charge in [0.05, 0.1) is 5.56 Å². The first-order chi connectivity index (χ1) is 12.0. The predicted molar refractivity (Wildman–Crippen MR) is 94.4 cm³/mol. The smallest absolute Gasteiger partial charge is 0.258 e. The summed E-state index contributed by atoms with van der Waals surface area (Å²) in [6, 6.07) is 10.5. The van der Waals surface area contributed by atoms with Gasteiger partial charge in [-0.3, -0.25) is 9.69 Å². The third kappa shape index (κ3) is 4.63. The van der Waals surface area contributed by atoms with Gasteiger partial charge in [0.25, 0.3) is 5.91 Å². The molecule has 0 saturated carbocycles. The molecule has 5 heteroatoms. The molecule has 132 valence electrons. The van der Waals surface area contributed by atoms with E-state index in [1.165, 1.54) is 18.4 Å². The molecule has 0 unspecified atom stereocenters. The van der Waals surface area contributed by atoms with Gasteiger partial charge in [0.15, 0.2) is 0 Å². The Morgan fingerprint density at radius 1 is 1.12 bits per heavy atom. The fourth-order valence-electron chi connectivity index (χ4n) is 3.04. The Hall–Kier alpha value is -2.27. The number of carbonyl (C=O) groups is 1. The van der Waals surface area contributed by atoms with Gasteiger partial charge in [-0.1, -0.05) is 19.1 Å². The van der Waals surface area contributed by atoms with Crippen molar-refractivity contribution in [1.29, 1.82) is 0 Å². The molecule has 1 fully saturated rings. The quantitative estimate of drug-likeness (QED) is 0.889. The molecule has 2 aromatic carbocycles. The van der Waals surface area contributed by atoms with Crippen molar-refractivity contribution < 1.29 is 13.6 Å². The van der Waals surface area contributed by atoms with Crippen molar-refractivity contribution in [3.05, 3.63) is 65.2 Å². The highest BCUT2D eigenvalue weighted by atomic mass is 19.1. The predicted octanol–water partition coefficient (Wildman–Crippen LogP) is 4.45. The average molecular weight is 344 g/mol. The van der Waals surface area contributed by atoms with E-state index in [0.717, 1.165) is 37.7 Å². The van der Waals surface area contributed by atoms with Crippen molar-refractivity contribution in [2.75, 3.05) is 18.4 Å². The highest BCUT2D eigenvalue weighted by molar-refractivity contribution is 6.04. The van der Waals surface area contributed by atoms with Gasteiger partial charge in [-0.25, -0.2) is 8.78 Å². The number of hydrogen-bond acceptors (Lipinski definition) is 2. The number of benzene rings is 2. The van der Waals surface area contributed by atoms with Gasteiger partial charge in [0.1, 0.15) is 11.6 Å². The van der Waals surface area contributed by atoms with Crippen molar-refractivity contribution in [3.63, 3.8) is 0 Å². The number of likely N-dealkylation sites (tertiary alicyclic amines) is 1. The molecule has 0 radical (unpaired) electrons. The minimum absolute atomic E-state index is 0.173. The number of rotatable bonds is 4. The number of piperidine rings is 1. The van der Waals surface area contributed by atoms with Crippen LogP contribution in [0.25, 0.3) is 0 Å². The molecule has 0 spiro atoms. The molecule has 25 heavy (non-hydrogen) atoms. The first kappa shape index (κ1) is 17.5. The molecule has 1 amide bonds. The summed E-state index contributed by atoms with van der Waals surface area (Å²) < 4.78 is 26.6. The van der Waals surface area contributed by atoms with Gasteiger partial charge < -0.3 is 5.32 Å². The van der Waals surface area contributed by atoms with E-state index in [9.17, 15) is 13.6 Å². The van der Waals surface area contributed by atoms with E-state index < -0.39 is 17.5 Å². The molecule has 0 aliphatic carbocycles. The van der Waals surface area contributed by atoms with Crippen molar-refractivity contribution in [1.82, 2.24) is 4.90 Å². The second-order valence-corrected chi connectivity index (χ2v) is 6.73. The van der Waals surface area contributed by atoms with Crippen LogP contribution in [-0.2, 0) is 6.54 Å². The summed E-state index contributed by atoms with van der Waals surface area (Å²) in [5.74, 6) is -1.35. The molecule has 1 heterocycles. The van der Waals surface area contributed by atoms with Crippen LogP contribution in [0.15, 0.2) is 42.5 Å². The van der Waals surface area contributed by atoms with Gasteiger partial charge in [0, 0.05) is 18.3 Å². The van der Waals surface area contributed by atoms with E-state index in [4.69, 9.17) is 0 Å². The molecular formula is C20H22F2N2O. The molecule has 1 saturated heterocycles. The Bertz CT molecular complexity index is 738. The second-order valence-electron chi connectivity index (χ2n) is 6.73. The number of hydrogen-bond donors (Lipinski definition) is 1. The Morgan fingerprint density at radius 3 is 2.44 bits per heavy atom. The largest absolute Gasteiger partial charge is 0.322 e. The minimum Gasteiger partial charge on any atom is -0.322 e. The minimum atomic E-state index is -0.867. The first-order valence-corrected chi connectivity index (χ1v) is 8.59. The Balaban J connectivity index is 1.59. The molecule has 1 N–H and O–H groups in total. The monoisotopic (exact) mass is 344 g/mol. The van der Waals surface area contributed by atoms with Gasteiger partial charge in [-0.15, -0.1) is 0 Å². The fraction of sp³-hybridized carbons (Fsp3) is 0.350. The summed E-state index contributed by atoms with van der Waals surface area (Å²) in [5.41, 5.74) is 1.60. The van der Waals surface area contributed by atoms with Crippen molar-refractivity contribution in [2.24, 2.45) is 5.92 Å². The molecule has 0 bridgehead atoms. The number of halogens is 2. The summed E-state index contributed by atoms with van der Waals surface area (Å²) in [4.78, 5) is 14.5. The van der Waals surface area contributed by atoms with Crippen LogP contribution in [0.1, 0.15) is 35.7 Å². The maximum atomic E-state index is 13.6. The Kier molecular flexibility index (Phi) is 5.43. The summed E-state index contributed by atoms with van der Waals surface area (Å²) in [6.45, 7) is 5.42. The number of carbonyl (C=O) groups excluding carboxylic acids is 1. The number of nitrogens with zero attached hydrogens (tertiary/aromatic N) is 1. The van der Waals surface area contributed by atoms with E-state index in [-0.39, 0.29) is 5.56 Å². The maximum Gasteiger partial charge on any atom is 0.258 e. The zero-order chi connectivity index (χ0) is 17.8. The lowest BCUT2D eigenvalue weighted by molar-refractivity contribution is 0.102. The molecule has 1 aliphatic rings. The van der Waals surface area contributed by atoms with Crippen LogP contribution in [0.4, 0.5) is 14.5 Å². The van der Waals surface area contributed by atoms with E-state index in [2.05, 4.69) is 17.1 Å². The van der Waals surface area contributed by atoms with Crippen LogP contribution in [0, 0.1) is 17.6 Å². The van der Waals surface area contributed by atoms with E-state index in [0.29, 0.717) is 11.8 Å². The van der Waals surface area contributed by atoms with E-state index in [1.807, 2.05) is 12.1 Å². The van der Waals surface area contributed by atoms with Crippen LogP contribution in [0.2, 0.25) is 0 Å². The normalized spacial score (nSPS) is 16.0. The van der Waals surface area contributed by atoms with Crippen molar-refractivity contribution in [3.8, 4) is 0 Å². The zero-order valence-corrected chi connectivity index (χ0v) is 14.3. The van der Waals surface area contributed by atoms with Crippen LogP contribution in [0.3, 0.4) is 0 Å². The van der Waals surface area contributed by atoms with Crippen LogP contribution >= 0.6 is 0 Å². The highest BCUT2D eigenvalue weighted by Crippen LogP contribution is 2.19. The number of nitrogens with one attached hydrogen (secondary N) is 1. The van der Waals surface area contributed by atoms with Crippen LogP contribution in [0.5, 0.6) is 0 Å².